The highest BCUT2D eigenvalue weighted by Crippen LogP contribution is 2.20. The van der Waals surface area contributed by atoms with Gasteiger partial charge in [-0.15, -0.1) is 0 Å². The molecule has 6 nitrogen and oxygen atoms in total. The Balaban J connectivity index is 1.42. The van der Waals surface area contributed by atoms with Gasteiger partial charge in [0.15, 0.2) is 0 Å². The Kier molecular flexibility index (Phi) is 5.91. The molecule has 2 heterocycles. The predicted molar refractivity (Wildman–Crippen MR) is 95.2 cm³/mol. The first-order valence-electron chi connectivity index (χ1n) is 9.10. The lowest BCUT2D eigenvalue weighted by atomic mass is 9.95. The van der Waals surface area contributed by atoms with Gasteiger partial charge in [0.2, 0.25) is 11.8 Å². The third-order valence-corrected chi connectivity index (χ3v) is 5.16. The zero-order valence-electron chi connectivity index (χ0n) is 14.8. The number of benzene rings is 1. The molecule has 25 heavy (non-hydrogen) atoms. The summed E-state index contributed by atoms with van der Waals surface area (Å²) in [6, 6.07) is 7.68. The van der Waals surface area contributed by atoms with Crippen LogP contribution < -0.4 is 15.4 Å². The maximum Gasteiger partial charge on any atom is 0.239 e. The molecule has 1 aromatic carbocycles. The van der Waals surface area contributed by atoms with Crippen LogP contribution in [0.4, 0.5) is 0 Å². The van der Waals surface area contributed by atoms with E-state index < -0.39 is 0 Å². The molecule has 136 valence electrons. The van der Waals surface area contributed by atoms with Crippen LogP contribution in [-0.2, 0) is 16.1 Å². The molecule has 0 aromatic heterocycles. The molecule has 0 bridgehead atoms. The van der Waals surface area contributed by atoms with Crippen LogP contribution in [-0.4, -0.2) is 49.5 Å². The number of hydrogen-bond acceptors (Lipinski definition) is 4. The minimum atomic E-state index is -0.0135. The Hall–Kier alpha value is -2.08. The lowest BCUT2D eigenvalue weighted by molar-refractivity contribution is -0.137. The summed E-state index contributed by atoms with van der Waals surface area (Å²) >= 11 is 0. The summed E-state index contributed by atoms with van der Waals surface area (Å²) in [4.78, 5) is 26.7. The zero-order chi connectivity index (χ0) is 17.6. The number of methoxy groups -OCH3 is 1. The normalized spacial score (nSPS) is 21.2. The topological polar surface area (TPSA) is 70.7 Å². The highest BCUT2D eigenvalue weighted by molar-refractivity contribution is 5.83. The van der Waals surface area contributed by atoms with Crippen molar-refractivity contribution in [2.45, 2.75) is 38.3 Å². The maximum atomic E-state index is 12.4. The van der Waals surface area contributed by atoms with Crippen LogP contribution in [0.5, 0.6) is 5.75 Å². The Labute approximate surface area is 148 Å². The molecule has 0 aliphatic carbocycles. The molecule has 2 amide bonds. The van der Waals surface area contributed by atoms with Gasteiger partial charge < -0.3 is 20.3 Å². The monoisotopic (exact) mass is 345 g/mol. The number of amides is 2. The molecule has 0 radical (unpaired) electrons. The van der Waals surface area contributed by atoms with Crippen LogP contribution in [0.1, 0.15) is 31.2 Å². The van der Waals surface area contributed by atoms with E-state index in [2.05, 4.69) is 10.6 Å². The van der Waals surface area contributed by atoms with Crippen molar-refractivity contribution in [2.75, 3.05) is 26.7 Å². The van der Waals surface area contributed by atoms with Crippen LogP contribution in [0.25, 0.3) is 0 Å². The first-order chi connectivity index (χ1) is 12.2. The number of nitrogens with zero attached hydrogens (tertiary/aromatic N) is 1. The molecule has 1 aromatic rings. The summed E-state index contributed by atoms with van der Waals surface area (Å²) in [5, 5.41) is 6.26. The van der Waals surface area contributed by atoms with Crippen LogP contribution >= 0.6 is 0 Å². The Bertz CT molecular complexity index is 588. The highest BCUT2D eigenvalue weighted by atomic mass is 16.5. The number of piperidine rings is 1. The summed E-state index contributed by atoms with van der Waals surface area (Å²) in [5.41, 5.74) is 1.05. The van der Waals surface area contributed by atoms with Gasteiger partial charge in [-0.05, 0) is 49.9 Å². The van der Waals surface area contributed by atoms with E-state index in [0.717, 1.165) is 43.5 Å². The van der Waals surface area contributed by atoms with Gasteiger partial charge in [-0.1, -0.05) is 12.1 Å². The Morgan fingerprint density at radius 2 is 1.92 bits per heavy atom. The van der Waals surface area contributed by atoms with Crippen molar-refractivity contribution in [3.63, 3.8) is 0 Å². The average molecular weight is 345 g/mol. The Morgan fingerprint density at radius 3 is 2.52 bits per heavy atom. The van der Waals surface area contributed by atoms with E-state index in [1.165, 1.54) is 0 Å². The van der Waals surface area contributed by atoms with Gasteiger partial charge in [0, 0.05) is 25.6 Å². The van der Waals surface area contributed by atoms with Crippen molar-refractivity contribution in [3.05, 3.63) is 29.8 Å². The van der Waals surface area contributed by atoms with Crippen molar-refractivity contribution in [3.8, 4) is 5.75 Å². The van der Waals surface area contributed by atoms with E-state index in [1.807, 2.05) is 29.2 Å². The van der Waals surface area contributed by atoms with Gasteiger partial charge in [-0.25, -0.2) is 0 Å². The second kappa shape index (κ2) is 8.34. The molecule has 1 unspecified atom stereocenters. The number of hydrogen-bond donors (Lipinski definition) is 2. The second-order valence-electron chi connectivity index (χ2n) is 6.81. The smallest absolute Gasteiger partial charge is 0.239 e. The lowest BCUT2D eigenvalue weighted by Gasteiger charge is -2.33. The summed E-state index contributed by atoms with van der Waals surface area (Å²) in [7, 11) is 1.64. The molecule has 0 spiro atoms. The first kappa shape index (κ1) is 17.7. The predicted octanol–water partition coefficient (Wildman–Crippen LogP) is 1.30. The quantitative estimate of drug-likeness (QED) is 0.844. The molecule has 2 aliphatic rings. The highest BCUT2D eigenvalue weighted by Gasteiger charge is 2.31. The van der Waals surface area contributed by atoms with Crippen LogP contribution in [0.15, 0.2) is 24.3 Å². The number of carbonyl (C=O) groups is 2. The third kappa shape index (κ3) is 4.51. The molecule has 0 saturated carbocycles. The average Bonchev–Trinajstić information content (AvgIpc) is 3.21. The molecule has 3 rings (SSSR count). The number of likely N-dealkylation sites (tertiary alicyclic amines) is 1. The molecule has 6 heteroatoms. The van der Waals surface area contributed by atoms with Gasteiger partial charge in [-0.2, -0.15) is 0 Å². The summed E-state index contributed by atoms with van der Waals surface area (Å²) in [6.07, 6.45) is 3.49. The third-order valence-electron chi connectivity index (χ3n) is 5.16. The molecule has 2 fully saturated rings. The van der Waals surface area contributed by atoms with Gasteiger partial charge in [0.05, 0.1) is 13.2 Å². The van der Waals surface area contributed by atoms with E-state index in [-0.39, 0.29) is 23.8 Å². The van der Waals surface area contributed by atoms with Crippen molar-refractivity contribution in [1.82, 2.24) is 15.5 Å². The molecular formula is C19H27N3O3. The van der Waals surface area contributed by atoms with Gasteiger partial charge in [0.25, 0.3) is 0 Å². The molecular weight excluding hydrogens is 318 g/mol. The second-order valence-corrected chi connectivity index (χ2v) is 6.81. The van der Waals surface area contributed by atoms with E-state index in [1.54, 1.807) is 7.11 Å². The van der Waals surface area contributed by atoms with Gasteiger partial charge >= 0.3 is 0 Å². The van der Waals surface area contributed by atoms with Crippen molar-refractivity contribution >= 4 is 11.8 Å². The van der Waals surface area contributed by atoms with E-state index in [4.69, 9.17) is 4.74 Å². The summed E-state index contributed by atoms with van der Waals surface area (Å²) < 4.78 is 5.13. The fraction of sp³-hybridized carbons (Fsp3) is 0.579. The molecule has 2 N–H and O–H groups in total. The molecule has 1 atom stereocenters. The molecule has 2 aliphatic heterocycles. The van der Waals surface area contributed by atoms with Crippen LogP contribution in [0, 0.1) is 5.92 Å². The fourth-order valence-corrected chi connectivity index (χ4v) is 3.55. The van der Waals surface area contributed by atoms with Crippen molar-refractivity contribution in [2.24, 2.45) is 5.92 Å². The number of rotatable bonds is 5. The number of nitrogens with one attached hydrogen (secondary N) is 2. The summed E-state index contributed by atoms with van der Waals surface area (Å²) in [5.74, 6) is 1.10. The number of carbonyl (C=O) groups excluding carboxylic acids is 2. The van der Waals surface area contributed by atoms with Crippen LogP contribution in [0.3, 0.4) is 0 Å². The van der Waals surface area contributed by atoms with E-state index >= 15 is 0 Å². The van der Waals surface area contributed by atoms with Crippen molar-refractivity contribution < 1.29 is 14.3 Å². The van der Waals surface area contributed by atoms with E-state index in [0.29, 0.717) is 19.6 Å². The zero-order valence-corrected chi connectivity index (χ0v) is 14.8. The van der Waals surface area contributed by atoms with Gasteiger partial charge in [-0.3, -0.25) is 9.59 Å². The SMILES string of the molecule is COc1ccc(CNC(=O)C2CCN(C(=O)C3CCCN3)CC2)cc1. The number of ether oxygens (including phenoxy) is 1. The van der Waals surface area contributed by atoms with Crippen LogP contribution in [0.2, 0.25) is 0 Å². The summed E-state index contributed by atoms with van der Waals surface area (Å²) in [6.45, 7) is 2.81. The fourth-order valence-electron chi connectivity index (χ4n) is 3.55. The largest absolute Gasteiger partial charge is 0.497 e. The maximum absolute atomic E-state index is 12.4. The van der Waals surface area contributed by atoms with Gasteiger partial charge in [0.1, 0.15) is 5.75 Å². The lowest BCUT2D eigenvalue weighted by Crippen LogP contribution is -2.48. The standard InChI is InChI=1S/C19H27N3O3/c1-25-16-6-4-14(5-7-16)13-21-18(23)15-8-11-22(12-9-15)19(24)17-3-2-10-20-17/h4-7,15,17,20H,2-3,8-13H2,1H3,(H,21,23). The van der Waals surface area contributed by atoms with E-state index in [9.17, 15) is 9.59 Å². The van der Waals surface area contributed by atoms with Crippen molar-refractivity contribution in [1.29, 1.82) is 0 Å². The molecule has 2 saturated heterocycles. The minimum absolute atomic E-state index is 0.00108. The minimum Gasteiger partial charge on any atom is -0.497 e. The first-order valence-corrected chi connectivity index (χ1v) is 9.10. The Morgan fingerprint density at radius 1 is 1.20 bits per heavy atom.